The Morgan fingerprint density at radius 2 is 2.40 bits per heavy atom. The van der Waals surface area contributed by atoms with Crippen molar-refractivity contribution in [3.63, 3.8) is 0 Å². The molecule has 1 aromatic heterocycles. The lowest BCUT2D eigenvalue weighted by molar-refractivity contribution is 0.622. The van der Waals surface area contributed by atoms with Crippen LogP contribution in [0.5, 0.6) is 0 Å². The van der Waals surface area contributed by atoms with Crippen molar-refractivity contribution in [2.45, 2.75) is 24.1 Å². The van der Waals surface area contributed by atoms with Crippen LogP contribution < -0.4 is 5.32 Å². The van der Waals surface area contributed by atoms with Gasteiger partial charge in [-0.1, -0.05) is 11.6 Å². The van der Waals surface area contributed by atoms with Crippen LogP contribution in [-0.4, -0.2) is 27.1 Å². The second-order valence-electron chi connectivity index (χ2n) is 4.05. The van der Waals surface area contributed by atoms with Gasteiger partial charge in [-0.2, -0.15) is 11.8 Å². The molecular weight excluding hydrogens is 230 g/mol. The second kappa shape index (κ2) is 4.36. The van der Waals surface area contributed by atoms with Crippen LogP contribution in [0.25, 0.3) is 0 Å². The molecule has 1 heterocycles. The number of nitrogens with zero attached hydrogens (tertiary/aromatic N) is 2. The molecule has 0 radical (unpaired) electrons. The predicted molar refractivity (Wildman–Crippen MR) is 65.4 cm³/mol. The van der Waals surface area contributed by atoms with Crippen LogP contribution in [0.1, 0.15) is 18.7 Å². The first-order valence-electron chi connectivity index (χ1n) is 5.09. The zero-order valence-corrected chi connectivity index (χ0v) is 10.7. The predicted octanol–water partition coefficient (Wildman–Crippen LogP) is 2.06. The van der Waals surface area contributed by atoms with Gasteiger partial charge in [-0.25, -0.2) is 4.98 Å². The molecule has 2 rings (SSSR count). The lowest BCUT2D eigenvalue weighted by Crippen LogP contribution is -2.26. The van der Waals surface area contributed by atoms with Gasteiger partial charge in [-0.15, -0.1) is 0 Å². The molecule has 3 nitrogen and oxygen atoms in total. The van der Waals surface area contributed by atoms with E-state index in [1.807, 2.05) is 23.4 Å². The molecule has 0 atom stereocenters. The molecule has 1 aromatic rings. The Morgan fingerprint density at radius 1 is 1.67 bits per heavy atom. The fourth-order valence-electron chi connectivity index (χ4n) is 1.58. The molecule has 1 aliphatic carbocycles. The van der Waals surface area contributed by atoms with Crippen LogP contribution in [0.15, 0.2) is 6.20 Å². The van der Waals surface area contributed by atoms with Crippen molar-refractivity contribution in [3.8, 4) is 0 Å². The highest BCUT2D eigenvalue weighted by molar-refractivity contribution is 8.00. The van der Waals surface area contributed by atoms with E-state index < -0.39 is 0 Å². The molecule has 0 amide bonds. The van der Waals surface area contributed by atoms with Gasteiger partial charge < -0.3 is 9.88 Å². The second-order valence-corrected chi connectivity index (χ2v) is 5.71. The standard InChI is InChI=1S/C10H16ClN3S/c1-14-8(11)5-13-9(14)6-12-7-10(15-2)3-4-10/h5,12H,3-4,6-7H2,1-2H3. The Balaban J connectivity index is 1.81. The lowest BCUT2D eigenvalue weighted by atomic mass is 10.4. The number of rotatable bonds is 5. The zero-order chi connectivity index (χ0) is 10.9. The summed E-state index contributed by atoms with van der Waals surface area (Å²) in [5.74, 6) is 0.997. The van der Waals surface area contributed by atoms with E-state index in [2.05, 4.69) is 16.6 Å². The number of halogens is 1. The third-order valence-electron chi connectivity index (χ3n) is 3.00. The maximum Gasteiger partial charge on any atom is 0.128 e. The van der Waals surface area contributed by atoms with Gasteiger partial charge in [0, 0.05) is 18.3 Å². The summed E-state index contributed by atoms with van der Waals surface area (Å²) in [7, 11) is 1.94. The normalized spacial score (nSPS) is 18.1. The molecule has 0 bridgehead atoms. The summed E-state index contributed by atoms with van der Waals surface area (Å²) in [6.07, 6.45) is 6.55. The third kappa shape index (κ3) is 2.49. The zero-order valence-electron chi connectivity index (χ0n) is 9.09. The molecule has 0 aromatic carbocycles. The van der Waals surface area contributed by atoms with E-state index in [1.54, 1.807) is 6.20 Å². The van der Waals surface area contributed by atoms with E-state index in [0.29, 0.717) is 9.90 Å². The van der Waals surface area contributed by atoms with Crippen molar-refractivity contribution in [2.75, 3.05) is 12.8 Å². The molecule has 15 heavy (non-hydrogen) atoms. The van der Waals surface area contributed by atoms with Gasteiger partial charge in [0.1, 0.15) is 11.0 Å². The van der Waals surface area contributed by atoms with E-state index >= 15 is 0 Å². The first-order chi connectivity index (χ1) is 7.17. The quantitative estimate of drug-likeness (QED) is 0.861. The highest BCUT2D eigenvalue weighted by Crippen LogP contribution is 2.46. The highest BCUT2D eigenvalue weighted by atomic mass is 35.5. The van der Waals surface area contributed by atoms with Crippen LogP contribution in [0.2, 0.25) is 5.15 Å². The fourth-order valence-corrected chi connectivity index (χ4v) is 2.49. The topological polar surface area (TPSA) is 29.9 Å². The number of nitrogens with one attached hydrogen (secondary N) is 1. The summed E-state index contributed by atoms with van der Waals surface area (Å²) in [6.45, 7) is 1.87. The molecule has 0 unspecified atom stereocenters. The molecule has 0 saturated heterocycles. The summed E-state index contributed by atoms with van der Waals surface area (Å²) in [4.78, 5) is 4.24. The van der Waals surface area contributed by atoms with Gasteiger partial charge in [0.05, 0.1) is 12.7 Å². The number of aromatic nitrogens is 2. The Labute approximate surface area is 99.6 Å². The first kappa shape index (κ1) is 11.3. The van der Waals surface area contributed by atoms with Crippen LogP contribution in [0.3, 0.4) is 0 Å². The summed E-state index contributed by atoms with van der Waals surface area (Å²) >= 11 is 7.87. The maximum absolute atomic E-state index is 5.91. The van der Waals surface area contributed by atoms with E-state index in [-0.39, 0.29) is 0 Å². The van der Waals surface area contributed by atoms with Gasteiger partial charge in [-0.3, -0.25) is 0 Å². The summed E-state index contributed by atoms with van der Waals surface area (Å²) < 4.78 is 2.42. The highest BCUT2D eigenvalue weighted by Gasteiger charge is 2.41. The number of thioether (sulfide) groups is 1. The van der Waals surface area contributed by atoms with Gasteiger partial charge in [0.2, 0.25) is 0 Å². The minimum absolute atomic E-state index is 0.509. The summed E-state index contributed by atoms with van der Waals surface area (Å²) in [5.41, 5.74) is 0. The number of hydrogen-bond acceptors (Lipinski definition) is 3. The van der Waals surface area contributed by atoms with E-state index in [0.717, 1.165) is 18.9 Å². The largest absolute Gasteiger partial charge is 0.321 e. The van der Waals surface area contributed by atoms with Gasteiger partial charge in [-0.05, 0) is 19.1 Å². The number of hydrogen-bond donors (Lipinski definition) is 1. The summed E-state index contributed by atoms with van der Waals surface area (Å²) in [6, 6.07) is 0. The Bertz CT molecular complexity index is 346. The molecule has 1 N–H and O–H groups in total. The van der Waals surface area contributed by atoms with Crippen LogP contribution in [0.4, 0.5) is 0 Å². The van der Waals surface area contributed by atoms with Gasteiger partial charge in [0.15, 0.2) is 0 Å². The average Bonchev–Trinajstić information content (AvgIpc) is 2.96. The SMILES string of the molecule is CSC1(CNCc2ncc(Cl)n2C)CC1. The first-order valence-corrected chi connectivity index (χ1v) is 6.69. The minimum Gasteiger partial charge on any atom is -0.321 e. The fraction of sp³-hybridized carbons (Fsp3) is 0.700. The third-order valence-corrected chi connectivity index (χ3v) is 4.77. The number of imidazole rings is 1. The van der Waals surface area contributed by atoms with Crippen molar-refractivity contribution >= 4 is 23.4 Å². The Hall–Kier alpha value is -0.190. The van der Waals surface area contributed by atoms with E-state index in [9.17, 15) is 0 Å². The van der Waals surface area contributed by atoms with E-state index in [4.69, 9.17) is 11.6 Å². The van der Waals surface area contributed by atoms with Crippen LogP contribution in [0, 0.1) is 0 Å². The van der Waals surface area contributed by atoms with Crippen LogP contribution >= 0.6 is 23.4 Å². The smallest absolute Gasteiger partial charge is 0.128 e. The summed E-state index contributed by atoms with van der Waals surface area (Å²) in [5, 5.41) is 4.14. The van der Waals surface area contributed by atoms with Crippen LogP contribution in [-0.2, 0) is 13.6 Å². The van der Waals surface area contributed by atoms with Crippen molar-refractivity contribution < 1.29 is 0 Å². The van der Waals surface area contributed by atoms with Gasteiger partial charge >= 0.3 is 0 Å². The van der Waals surface area contributed by atoms with Crippen molar-refractivity contribution in [2.24, 2.45) is 7.05 Å². The molecule has 0 aliphatic heterocycles. The molecule has 1 saturated carbocycles. The molecule has 1 fully saturated rings. The molecule has 1 aliphatic rings. The molecular formula is C10H16ClN3S. The lowest BCUT2D eigenvalue weighted by Gasteiger charge is -2.12. The van der Waals surface area contributed by atoms with E-state index in [1.165, 1.54) is 12.8 Å². The Morgan fingerprint density at radius 3 is 2.87 bits per heavy atom. The average molecular weight is 246 g/mol. The van der Waals surface area contributed by atoms with Gasteiger partial charge in [0.25, 0.3) is 0 Å². The van der Waals surface area contributed by atoms with Crippen molar-refractivity contribution in [1.29, 1.82) is 0 Å². The Kier molecular flexibility index (Phi) is 3.28. The van der Waals surface area contributed by atoms with Crippen molar-refractivity contribution in [1.82, 2.24) is 14.9 Å². The molecule has 0 spiro atoms. The monoisotopic (exact) mass is 245 g/mol. The minimum atomic E-state index is 0.509. The van der Waals surface area contributed by atoms with Crippen molar-refractivity contribution in [3.05, 3.63) is 17.2 Å². The molecule has 84 valence electrons. The molecule has 5 heteroatoms. The maximum atomic E-state index is 5.91.